The summed E-state index contributed by atoms with van der Waals surface area (Å²) >= 11 is 6.35. The Bertz CT molecular complexity index is 1010. The van der Waals surface area contributed by atoms with Crippen LogP contribution in [0.4, 0.5) is 0 Å². The number of nitrogens with two attached hydrogens (primary N) is 1. The van der Waals surface area contributed by atoms with Crippen molar-refractivity contribution in [3.63, 3.8) is 0 Å². The number of hydrogen-bond acceptors (Lipinski definition) is 2. The van der Waals surface area contributed by atoms with Crippen LogP contribution in [0.2, 0.25) is 5.02 Å². The third-order valence-corrected chi connectivity index (χ3v) is 5.68. The first kappa shape index (κ1) is 20.6. The third-order valence-electron chi connectivity index (χ3n) is 5.27. The van der Waals surface area contributed by atoms with E-state index in [1.165, 1.54) is 25.7 Å². The molecule has 0 radical (unpaired) electrons. The maximum atomic E-state index is 13.4. The SMILES string of the molecule is CCCCCC[NH2+][C@H](C)c1nc2ccccc2c(=O)n1-c1cccc(Cl)c1C. The average Bonchev–Trinajstić information content (AvgIpc) is 2.70. The largest absolute Gasteiger partial charge is 0.338 e. The fraction of sp³-hybridized carbons (Fsp3) is 0.391. The van der Waals surface area contributed by atoms with Gasteiger partial charge < -0.3 is 5.32 Å². The van der Waals surface area contributed by atoms with E-state index < -0.39 is 0 Å². The van der Waals surface area contributed by atoms with Gasteiger partial charge in [-0.05, 0) is 56.5 Å². The highest BCUT2D eigenvalue weighted by Gasteiger charge is 2.21. The van der Waals surface area contributed by atoms with Gasteiger partial charge in [0.2, 0.25) is 0 Å². The summed E-state index contributed by atoms with van der Waals surface area (Å²) in [6.07, 6.45) is 4.91. The Morgan fingerprint density at radius 3 is 2.68 bits per heavy atom. The first-order valence-electron chi connectivity index (χ1n) is 10.1. The minimum absolute atomic E-state index is 0.0443. The summed E-state index contributed by atoms with van der Waals surface area (Å²) < 4.78 is 1.75. The van der Waals surface area contributed by atoms with Crippen LogP contribution >= 0.6 is 11.6 Å². The molecule has 0 amide bonds. The molecular weight excluding hydrogens is 370 g/mol. The van der Waals surface area contributed by atoms with Crippen LogP contribution in [0.15, 0.2) is 47.3 Å². The molecule has 0 fully saturated rings. The first-order valence-corrected chi connectivity index (χ1v) is 10.5. The summed E-state index contributed by atoms with van der Waals surface area (Å²) in [7, 11) is 0. The number of para-hydroxylation sites is 1. The van der Waals surface area contributed by atoms with Crippen LogP contribution in [0.3, 0.4) is 0 Å². The number of rotatable bonds is 8. The predicted molar refractivity (Wildman–Crippen MR) is 116 cm³/mol. The molecule has 0 unspecified atom stereocenters. The van der Waals surface area contributed by atoms with E-state index in [1.54, 1.807) is 4.57 Å². The number of benzene rings is 2. The summed E-state index contributed by atoms with van der Waals surface area (Å²) in [5.41, 5.74) is 2.39. The molecule has 4 nitrogen and oxygen atoms in total. The standard InChI is InChI=1S/C23H28ClN3O/c1-4-5-6-9-15-25-17(3)22-26-20-13-8-7-11-18(20)23(28)27(22)21-14-10-12-19(24)16(21)2/h7-8,10-14,17,25H,4-6,9,15H2,1-3H3/p+1/t17-/m1/s1. The lowest BCUT2D eigenvalue weighted by atomic mass is 10.1. The van der Waals surface area contributed by atoms with Crippen LogP contribution in [0.5, 0.6) is 0 Å². The summed E-state index contributed by atoms with van der Waals surface area (Å²) in [6, 6.07) is 13.3. The van der Waals surface area contributed by atoms with E-state index in [4.69, 9.17) is 16.6 Å². The van der Waals surface area contributed by atoms with Gasteiger partial charge in [0.05, 0.1) is 23.1 Å². The lowest BCUT2D eigenvalue weighted by Gasteiger charge is -2.19. The second-order valence-electron chi connectivity index (χ2n) is 7.39. The van der Waals surface area contributed by atoms with Crippen molar-refractivity contribution in [2.24, 2.45) is 0 Å². The van der Waals surface area contributed by atoms with Crippen LogP contribution < -0.4 is 10.9 Å². The highest BCUT2D eigenvalue weighted by molar-refractivity contribution is 6.31. The highest BCUT2D eigenvalue weighted by atomic mass is 35.5. The number of nitrogens with zero attached hydrogens (tertiary/aromatic N) is 2. The molecule has 5 heteroatoms. The number of unbranched alkanes of at least 4 members (excludes halogenated alkanes) is 3. The van der Waals surface area contributed by atoms with Gasteiger partial charge in [-0.1, -0.05) is 49.6 Å². The molecule has 28 heavy (non-hydrogen) atoms. The second kappa shape index (κ2) is 9.35. The molecule has 148 valence electrons. The van der Waals surface area contributed by atoms with Crippen molar-refractivity contribution in [2.45, 2.75) is 52.5 Å². The topological polar surface area (TPSA) is 51.5 Å². The molecule has 0 spiro atoms. The Morgan fingerprint density at radius 1 is 1.11 bits per heavy atom. The van der Waals surface area contributed by atoms with E-state index in [0.717, 1.165) is 29.1 Å². The molecule has 1 atom stereocenters. The molecule has 0 saturated heterocycles. The van der Waals surface area contributed by atoms with Gasteiger partial charge in [-0.15, -0.1) is 0 Å². The number of hydrogen-bond donors (Lipinski definition) is 1. The van der Waals surface area contributed by atoms with Crippen LogP contribution in [0.25, 0.3) is 16.6 Å². The van der Waals surface area contributed by atoms with Gasteiger partial charge in [0.1, 0.15) is 6.04 Å². The molecule has 0 bridgehead atoms. The van der Waals surface area contributed by atoms with Crippen LogP contribution in [-0.2, 0) is 0 Å². The lowest BCUT2D eigenvalue weighted by Crippen LogP contribution is -2.85. The molecule has 1 aromatic heterocycles. The molecule has 1 heterocycles. The minimum Gasteiger partial charge on any atom is -0.338 e. The molecule has 0 aliphatic carbocycles. The van der Waals surface area contributed by atoms with E-state index in [0.29, 0.717) is 10.4 Å². The number of halogens is 1. The van der Waals surface area contributed by atoms with Gasteiger partial charge in [-0.25, -0.2) is 4.98 Å². The lowest BCUT2D eigenvalue weighted by molar-refractivity contribution is -0.694. The Labute approximate surface area is 171 Å². The van der Waals surface area contributed by atoms with E-state index in [1.807, 2.05) is 49.4 Å². The maximum Gasteiger partial charge on any atom is 0.266 e. The molecular formula is C23H29ClN3O+. The third kappa shape index (κ3) is 4.29. The predicted octanol–water partition coefficient (Wildman–Crippen LogP) is 4.55. The minimum atomic E-state index is -0.0443. The highest BCUT2D eigenvalue weighted by Crippen LogP contribution is 2.24. The monoisotopic (exact) mass is 398 g/mol. The van der Waals surface area contributed by atoms with Crippen molar-refractivity contribution in [2.75, 3.05) is 6.54 Å². The fourth-order valence-corrected chi connectivity index (χ4v) is 3.74. The number of fused-ring (bicyclic) bond motifs is 1. The molecule has 0 saturated carbocycles. The van der Waals surface area contributed by atoms with Crippen LogP contribution in [0, 0.1) is 6.92 Å². The smallest absolute Gasteiger partial charge is 0.266 e. The maximum absolute atomic E-state index is 13.4. The molecule has 0 aliphatic heterocycles. The Kier molecular flexibility index (Phi) is 6.87. The van der Waals surface area contributed by atoms with Gasteiger partial charge in [-0.3, -0.25) is 9.36 Å². The summed E-state index contributed by atoms with van der Waals surface area (Å²) in [5.74, 6) is 0.768. The zero-order chi connectivity index (χ0) is 20.1. The van der Waals surface area contributed by atoms with Gasteiger partial charge in [0.25, 0.3) is 5.56 Å². The van der Waals surface area contributed by atoms with Gasteiger partial charge in [0.15, 0.2) is 5.82 Å². The molecule has 2 aromatic carbocycles. The number of aromatic nitrogens is 2. The van der Waals surface area contributed by atoms with Crippen LogP contribution in [-0.4, -0.2) is 16.1 Å². The van der Waals surface area contributed by atoms with E-state index >= 15 is 0 Å². The van der Waals surface area contributed by atoms with Gasteiger partial charge in [-0.2, -0.15) is 0 Å². The van der Waals surface area contributed by atoms with E-state index in [2.05, 4.69) is 19.2 Å². The summed E-state index contributed by atoms with van der Waals surface area (Å²) in [6.45, 7) is 7.31. The van der Waals surface area contributed by atoms with Crippen molar-refractivity contribution in [3.05, 3.63) is 69.2 Å². The molecule has 3 aromatic rings. The number of quaternary nitrogens is 1. The quantitative estimate of drug-likeness (QED) is 0.566. The zero-order valence-corrected chi connectivity index (χ0v) is 17.7. The van der Waals surface area contributed by atoms with Crippen LogP contribution in [0.1, 0.15) is 57.0 Å². The van der Waals surface area contributed by atoms with Gasteiger partial charge in [0, 0.05) is 5.02 Å². The first-order chi connectivity index (χ1) is 13.5. The van der Waals surface area contributed by atoms with E-state index in [-0.39, 0.29) is 11.6 Å². The average molecular weight is 399 g/mol. The van der Waals surface area contributed by atoms with Crippen molar-refractivity contribution in [3.8, 4) is 5.69 Å². The van der Waals surface area contributed by atoms with Crippen molar-refractivity contribution >= 4 is 22.5 Å². The Morgan fingerprint density at radius 2 is 1.89 bits per heavy atom. The van der Waals surface area contributed by atoms with Crippen molar-refractivity contribution in [1.82, 2.24) is 9.55 Å². The zero-order valence-electron chi connectivity index (χ0n) is 16.9. The van der Waals surface area contributed by atoms with E-state index in [9.17, 15) is 4.79 Å². The summed E-state index contributed by atoms with van der Waals surface area (Å²) in [4.78, 5) is 18.3. The van der Waals surface area contributed by atoms with Gasteiger partial charge >= 0.3 is 0 Å². The summed E-state index contributed by atoms with van der Waals surface area (Å²) in [5, 5.41) is 3.56. The molecule has 0 aliphatic rings. The Balaban J connectivity index is 2.07. The van der Waals surface area contributed by atoms with Crippen molar-refractivity contribution in [1.29, 1.82) is 0 Å². The Hall–Kier alpha value is -2.17. The fourth-order valence-electron chi connectivity index (χ4n) is 3.57. The normalized spacial score (nSPS) is 12.4. The van der Waals surface area contributed by atoms with Crippen molar-refractivity contribution < 1.29 is 5.32 Å². The molecule has 2 N–H and O–H groups in total. The molecule has 3 rings (SSSR count). The second-order valence-corrected chi connectivity index (χ2v) is 7.79.